The molecule has 0 spiro atoms. The summed E-state index contributed by atoms with van der Waals surface area (Å²) >= 11 is 0. The normalized spacial score (nSPS) is 21.6. The fraction of sp³-hybridized carbons (Fsp3) is 0.0250. The Kier molecular flexibility index (Phi) is 2.32. The molecule has 1 aliphatic rings. The van der Waals surface area contributed by atoms with Gasteiger partial charge in [0.15, 0.2) is 17.5 Å². The molecule has 1 aromatic heterocycles. The van der Waals surface area contributed by atoms with E-state index in [1.807, 2.05) is 0 Å². The molecule has 0 radical (unpaired) electrons. The molecule has 3 nitrogen and oxygen atoms in total. The van der Waals surface area contributed by atoms with Gasteiger partial charge in [0.25, 0.3) is 0 Å². The highest BCUT2D eigenvalue weighted by Gasteiger charge is 2.46. The summed E-state index contributed by atoms with van der Waals surface area (Å²) in [5, 5.41) is 0. The smallest absolute Gasteiger partial charge is 0.164 e. The number of benzene rings is 6. The Balaban J connectivity index is 1.71. The Labute approximate surface area is 289 Å². The minimum absolute atomic E-state index is 0.742. The van der Waals surface area contributed by atoms with Crippen molar-refractivity contribution < 1.29 is 37.0 Å². The Hall–Kier alpha value is -5.67. The average molecular weight is 577 g/mol. The summed E-state index contributed by atoms with van der Waals surface area (Å²) in [5.74, 6) is -2.77. The molecule has 0 atom stereocenters. The zero-order valence-electron chi connectivity index (χ0n) is 48.3. The van der Waals surface area contributed by atoms with Crippen LogP contribution in [0.1, 0.15) is 59.3 Å². The van der Waals surface area contributed by atoms with Gasteiger partial charge in [0, 0.05) is 16.7 Å². The minimum atomic E-state index is -3.23. The zero-order chi connectivity index (χ0) is 52.1. The molecule has 1 aliphatic carbocycles. The summed E-state index contributed by atoms with van der Waals surface area (Å²) in [6.07, 6.45) is 0. The number of hydrogen-bond donors (Lipinski definition) is 0. The van der Waals surface area contributed by atoms with Crippen molar-refractivity contribution in [2.75, 3.05) is 0 Å². The molecule has 7 aromatic rings. The van der Waals surface area contributed by atoms with E-state index in [2.05, 4.69) is 15.0 Å². The van der Waals surface area contributed by atoms with Crippen molar-refractivity contribution in [1.82, 2.24) is 15.0 Å². The standard InChI is InChI=1S/C40H27N3/c1-5-15-28(16-6-1)37-41-38(29-17-7-2-8-18-29)43-39(42-37)30-25-26-34-33-23-13-14-24-35(33)40(36(34)27-30,31-19-9-3-10-20-31)32-21-11-4-12-22-32/h1-27H/i1D,2D,3D,4D,5D,6D,7D,8D,9D,10D,11D,12D,13D,14D,15D,16D,17D,18D,19D,20D,21D,22D,23D,24D,25D,26D,27D. The molecule has 0 amide bonds. The lowest BCUT2D eigenvalue weighted by molar-refractivity contribution is 0.768. The van der Waals surface area contributed by atoms with Crippen LogP contribution < -0.4 is 0 Å². The lowest BCUT2D eigenvalue weighted by Gasteiger charge is -2.34. The van der Waals surface area contributed by atoms with Crippen molar-refractivity contribution in [3.8, 4) is 45.3 Å². The van der Waals surface area contributed by atoms with Crippen LogP contribution >= 0.6 is 0 Å². The fourth-order valence-electron chi connectivity index (χ4n) is 4.83. The highest BCUT2D eigenvalue weighted by molar-refractivity contribution is 5.88. The monoisotopic (exact) mass is 576 g/mol. The quantitative estimate of drug-likeness (QED) is 0.205. The first kappa shape index (κ1) is 9.68. The van der Waals surface area contributed by atoms with Crippen molar-refractivity contribution in [1.29, 1.82) is 0 Å². The van der Waals surface area contributed by atoms with Gasteiger partial charge < -0.3 is 0 Å². The number of aromatic nitrogens is 3. The van der Waals surface area contributed by atoms with Crippen LogP contribution in [0.5, 0.6) is 0 Å². The van der Waals surface area contributed by atoms with Crippen LogP contribution in [0.15, 0.2) is 163 Å². The number of fused-ring (bicyclic) bond motifs is 3. The van der Waals surface area contributed by atoms with E-state index < -0.39 is 236 Å². The first-order valence-electron chi connectivity index (χ1n) is 25.8. The molecule has 0 saturated carbocycles. The Morgan fingerprint density at radius 1 is 0.372 bits per heavy atom. The van der Waals surface area contributed by atoms with Gasteiger partial charge in [-0.2, -0.15) is 0 Å². The van der Waals surface area contributed by atoms with Gasteiger partial charge in [-0.15, -0.1) is 0 Å². The third-order valence-electron chi connectivity index (χ3n) is 6.56. The van der Waals surface area contributed by atoms with Crippen LogP contribution in [0.2, 0.25) is 0 Å². The summed E-state index contributed by atoms with van der Waals surface area (Å²) in [5.41, 5.74) is -11.1. The number of rotatable bonds is 5. The molecule has 0 N–H and O–H groups in total. The maximum Gasteiger partial charge on any atom is 0.164 e. The fourth-order valence-corrected chi connectivity index (χ4v) is 4.83. The predicted molar refractivity (Wildman–Crippen MR) is 173 cm³/mol. The van der Waals surface area contributed by atoms with E-state index in [9.17, 15) is 12.3 Å². The molecule has 0 aliphatic heterocycles. The molecule has 202 valence electrons. The van der Waals surface area contributed by atoms with E-state index in [0.717, 1.165) is 0 Å². The Morgan fingerprint density at radius 3 is 1.33 bits per heavy atom. The molecule has 0 fully saturated rings. The summed E-state index contributed by atoms with van der Waals surface area (Å²) in [4.78, 5) is 12.7. The molecule has 6 aromatic carbocycles. The highest BCUT2D eigenvalue weighted by atomic mass is 15.0. The van der Waals surface area contributed by atoms with Gasteiger partial charge in [0.05, 0.1) is 42.4 Å². The second-order valence-electron chi connectivity index (χ2n) is 8.81. The molecule has 1 heterocycles. The molecule has 0 unspecified atom stereocenters. The van der Waals surface area contributed by atoms with Gasteiger partial charge >= 0.3 is 0 Å². The number of nitrogens with zero attached hydrogens (tertiary/aromatic N) is 3. The molecule has 8 rings (SSSR count). The SMILES string of the molecule is [2H]c1c([2H])c([2H])c(-c2nc(-c3c([2H])c([2H])c([2H])c([2H])c3[2H])nc(-c3c([2H])c([2H])c4c(c3[2H])C(c3c([2H])c([2H])c([2H])c([2H])c3[2H])(c3c([2H])c([2H])c([2H])c([2H])c3[2H])c3c([2H])c([2H])c([2H])c([2H])c3-4)n2)c([2H])c1[2H]. The van der Waals surface area contributed by atoms with Crippen LogP contribution in [-0.2, 0) is 5.41 Å². The Morgan fingerprint density at radius 2 is 0.791 bits per heavy atom. The van der Waals surface area contributed by atoms with E-state index >= 15 is 0 Å². The third-order valence-corrected chi connectivity index (χ3v) is 6.56. The number of hydrogen-bond acceptors (Lipinski definition) is 3. The van der Waals surface area contributed by atoms with Gasteiger partial charge in [0.1, 0.15) is 0 Å². The van der Waals surface area contributed by atoms with Crippen molar-refractivity contribution in [3.63, 3.8) is 0 Å². The first-order chi connectivity index (χ1) is 32.5. The van der Waals surface area contributed by atoms with E-state index in [1.165, 1.54) is 0 Å². The van der Waals surface area contributed by atoms with E-state index in [0.29, 0.717) is 0 Å². The molecular formula is C40H27N3. The maximum absolute atomic E-state index is 10.1. The topological polar surface area (TPSA) is 38.7 Å². The molecule has 0 bridgehead atoms. The van der Waals surface area contributed by atoms with E-state index in [-0.39, 0.29) is 0 Å². The first-order valence-corrected chi connectivity index (χ1v) is 12.3. The van der Waals surface area contributed by atoms with Crippen molar-refractivity contribution in [2.45, 2.75) is 5.41 Å². The zero-order valence-corrected chi connectivity index (χ0v) is 21.3. The minimum Gasteiger partial charge on any atom is -0.208 e. The molecule has 0 saturated heterocycles. The molecule has 3 heteroatoms. The van der Waals surface area contributed by atoms with Crippen LogP contribution in [-0.4, -0.2) is 15.0 Å². The highest BCUT2D eigenvalue weighted by Crippen LogP contribution is 2.56. The second-order valence-corrected chi connectivity index (χ2v) is 8.81. The lowest BCUT2D eigenvalue weighted by Crippen LogP contribution is -2.28. The maximum atomic E-state index is 10.1. The largest absolute Gasteiger partial charge is 0.208 e. The van der Waals surface area contributed by atoms with Crippen LogP contribution in [0.25, 0.3) is 45.3 Å². The summed E-state index contributed by atoms with van der Waals surface area (Å²) in [6.45, 7) is 0. The average Bonchev–Trinajstić information content (AvgIpc) is 3.64. The molecule has 43 heavy (non-hydrogen) atoms. The Bertz CT molecular complexity index is 3320. The summed E-state index contributed by atoms with van der Waals surface area (Å²) in [7, 11) is 0. The summed E-state index contributed by atoms with van der Waals surface area (Å²) in [6, 6.07) is -27.8. The van der Waals surface area contributed by atoms with Crippen LogP contribution in [0.4, 0.5) is 0 Å². The lowest BCUT2D eigenvalue weighted by atomic mass is 9.67. The van der Waals surface area contributed by atoms with E-state index in [1.54, 1.807) is 0 Å². The third kappa shape index (κ3) is 4.09. The van der Waals surface area contributed by atoms with Gasteiger partial charge in [-0.05, 0) is 39.4 Å². The van der Waals surface area contributed by atoms with Gasteiger partial charge in [-0.1, -0.05) is 157 Å². The van der Waals surface area contributed by atoms with Crippen LogP contribution in [0, 0.1) is 0 Å². The molecular weight excluding hydrogens is 522 g/mol. The predicted octanol–water partition coefficient (Wildman–Crippen LogP) is 9.24. The van der Waals surface area contributed by atoms with Gasteiger partial charge in [0.2, 0.25) is 0 Å². The summed E-state index contributed by atoms with van der Waals surface area (Å²) < 4.78 is 239. The van der Waals surface area contributed by atoms with Crippen LogP contribution in [0.3, 0.4) is 0 Å². The van der Waals surface area contributed by atoms with Gasteiger partial charge in [-0.3, -0.25) is 0 Å². The van der Waals surface area contributed by atoms with Gasteiger partial charge in [-0.25, -0.2) is 15.0 Å². The van der Waals surface area contributed by atoms with Crippen molar-refractivity contribution in [3.05, 3.63) is 185 Å². The van der Waals surface area contributed by atoms with Crippen molar-refractivity contribution >= 4 is 0 Å². The second kappa shape index (κ2) is 10.3. The van der Waals surface area contributed by atoms with Crippen molar-refractivity contribution in [2.24, 2.45) is 0 Å². The van der Waals surface area contributed by atoms with E-state index in [4.69, 9.17) is 24.7 Å².